The van der Waals surface area contributed by atoms with Gasteiger partial charge in [-0.1, -0.05) is 18.2 Å². The SMILES string of the molecule is Cl.Fc1cccc(C2CCCN2c2ccc3ncc(C4=CCNC4)n3n2)c1. The van der Waals surface area contributed by atoms with Gasteiger partial charge in [-0.2, -0.15) is 0 Å². The highest BCUT2D eigenvalue weighted by atomic mass is 35.5. The number of hydrogen-bond donors (Lipinski definition) is 1. The number of anilines is 1. The summed E-state index contributed by atoms with van der Waals surface area (Å²) in [6, 6.07) is 11.1. The second-order valence-electron chi connectivity index (χ2n) is 6.87. The molecule has 2 aliphatic rings. The number of hydrogen-bond acceptors (Lipinski definition) is 4. The molecular formula is C20H21ClFN5. The molecule has 1 N–H and O–H groups in total. The molecular weight excluding hydrogens is 365 g/mol. The molecule has 1 fully saturated rings. The monoisotopic (exact) mass is 385 g/mol. The van der Waals surface area contributed by atoms with Crippen LogP contribution in [0.15, 0.2) is 48.7 Å². The maximum atomic E-state index is 13.7. The molecule has 0 saturated carbocycles. The summed E-state index contributed by atoms with van der Waals surface area (Å²) in [4.78, 5) is 6.76. The van der Waals surface area contributed by atoms with E-state index in [1.807, 2.05) is 28.9 Å². The first-order valence-corrected chi connectivity index (χ1v) is 9.06. The van der Waals surface area contributed by atoms with Gasteiger partial charge in [0.2, 0.25) is 0 Å². The van der Waals surface area contributed by atoms with Gasteiger partial charge in [0.25, 0.3) is 0 Å². The topological polar surface area (TPSA) is 45.5 Å². The number of nitrogens with one attached hydrogen (secondary N) is 1. The van der Waals surface area contributed by atoms with Gasteiger partial charge in [-0.15, -0.1) is 17.5 Å². The highest BCUT2D eigenvalue weighted by Gasteiger charge is 2.28. The van der Waals surface area contributed by atoms with E-state index in [0.29, 0.717) is 0 Å². The van der Waals surface area contributed by atoms with Crippen molar-refractivity contribution in [2.24, 2.45) is 0 Å². The van der Waals surface area contributed by atoms with Crippen molar-refractivity contribution in [1.82, 2.24) is 19.9 Å². The van der Waals surface area contributed by atoms with Crippen molar-refractivity contribution in [2.75, 3.05) is 24.5 Å². The summed E-state index contributed by atoms with van der Waals surface area (Å²) in [6.07, 6.45) is 6.16. The Bertz CT molecular complexity index is 999. The van der Waals surface area contributed by atoms with E-state index in [4.69, 9.17) is 5.10 Å². The zero-order valence-electron chi connectivity index (χ0n) is 14.8. The van der Waals surface area contributed by atoms with Crippen molar-refractivity contribution < 1.29 is 4.39 Å². The number of nitrogens with zero attached hydrogens (tertiary/aromatic N) is 4. The molecule has 2 aliphatic heterocycles. The lowest BCUT2D eigenvalue weighted by Gasteiger charge is -2.26. The van der Waals surface area contributed by atoms with E-state index in [1.54, 1.807) is 12.1 Å². The highest BCUT2D eigenvalue weighted by Crippen LogP contribution is 2.35. The minimum Gasteiger partial charge on any atom is -0.348 e. The Hall–Kier alpha value is -2.44. The van der Waals surface area contributed by atoms with E-state index in [2.05, 4.69) is 21.3 Å². The van der Waals surface area contributed by atoms with Gasteiger partial charge >= 0.3 is 0 Å². The predicted octanol–water partition coefficient (Wildman–Crippen LogP) is 3.62. The van der Waals surface area contributed by atoms with Gasteiger partial charge in [0.15, 0.2) is 5.65 Å². The lowest BCUT2D eigenvalue weighted by Crippen LogP contribution is -2.24. The van der Waals surface area contributed by atoms with Crippen LogP contribution in [0, 0.1) is 5.82 Å². The van der Waals surface area contributed by atoms with Crippen molar-refractivity contribution in [1.29, 1.82) is 0 Å². The van der Waals surface area contributed by atoms with Gasteiger partial charge in [0.05, 0.1) is 17.9 Å². The van der Waals surface area contributed by atoms with E-state index < -0.39 is 0 Å². The van der Waals surface area contributed by atoms with Crippen molar-refractivity contribution in [3.63, 3.8) is 0 Å². The number of benzene rings is 1. The summed E-state index contributed by atoms with van der Waals surface area (Å²) in [7, 11) is 0. The second-order valence-corrected chi connectivity index (χ2v) is 6.87. The molecule has 5 nitrogen and oxygen atoms in total. The molecule has 140 valence electrons. The number of rotatable bonds is 3. The van der Waals surface area contributed by atoms with Crippen molar-refractivity contribution >= 4 is 29.4 Å². The van der Waals surface area contributed by atoms with Gasteiger partial charge < -0.3 is 10.2 Å². The highest BCUT2D eigenvalue weighted by molar-refractivity contribution is 5.85. The number of halogens is 2. The van der Waals surface area contributed by atoms with Crippen LogP contribution in [-0.4, -0.2) is 34.2 Å². The third-order valence-corrected chi connectivity index (χ3v) is 5.27. The van der Waals surface area contributed by atoms with Gasteiger partial charge in [-0.25, -0.2) is 13.9 Å². The molecule has 0 radical (unpaired) electrons. The minimum absolute atomic E-state index is 0. The normalized spacial score (nSPS) is 19.4. The zero-order valence-corrected chi connectivity index (χ0v) is 15.6. The van der Waals surface area contributed by atoms with Crippen molar-refractivity contribution in [3.05, 3.63) is 65.7 Å². The van der Waals surface area contributed by atoms with Crippen LogP contribution in [0.4, 0.5) is 10.2 Å². The molecule has 0 aliphatic carbocycles. The third-order valence-electron chi connectivity index (χ3n) is 5.27. The van der Waals surface area contributed by atoms with Crippen molar-refractivity contribution in [3.8, 4) is 0 Å². The van der Waals surface area contributed by atoms with Crippen LogP contribution < -0.4 is 10.2 Å². The first-order valence-electron chi connectivity index (χ1n) is 9.06. The molecule has 4 heterocycles. The summed E-state index contributed by atoms with van der Waals surface area (Å²) in [6.45, 7) is 2.65. The van der Waals surface area contributed by atoms with Gasteiger partial charge in [-0.3, -0.25) is 0 Å². The third kappa shape index (κ3) is 3.19. The molecule has 0 amide bonds. The zero-order chi connectivity index (χ0) is 17.5. The van der Waals surface area contributed by atoms with E-state index >= 15 is 0 Å². The Morgan fingerprint density at radius 2 is 2.11 bits per heavy atom. The molecule has 1 atom stereocenters. The quantitative estimate of drug-likeness (QED) is 0.748. The molecule has 0 bridgehead atoms. The van der Waals surface area contributed by atoms with Crippen LogP contribution in [0.3, 0.4) is 0 Å². The Morgan fingerprint density at radius 1 is 1.19 bits per heavy atom. The van der Waals surface area contributed by atoms with Gasteiger partial charge in [-0.05, 0) is 48.2 Å². The molecule has 1 saturated heterocycles. The fourth-order valence-corrected chi connectivity index (χ4v) is 4.01. The number of aromatic nitrogens is 3. The maximum Gasteiger partial charge on any atom is 0.154 e. The lowest BCUT2D eigenvalue weighted by atomic mass is 10.0. The van der Waals surface area contributed by atoms with Gasteiger partial charge in [0, 0.05) is 19.6 Å². The Kier molecular flexibility index (Phi) is 4.85. The Labute approximate surface area is 163 Å². The lowest BCUT2D eigenvalue weighted by molar-refractivity contribution is 0.617. The smallest absolute Gasteiger partial charge is 0.154 e. The summed E-state index contributed by atoms with van der Waals surface area (Å²) < 4.78 is 15.6. The molecule has 0 spiro atoms. The van der Waals surface area contributed by atoms with Crippen LogP contribution in [0.1, 0.15) is 30.1 Å². The molecule has 27 heavy (non-hydrogen) atoms. The van der Waals surface area contributed by atoms with Crippen LogP contribution in [-0.2, 0) is 0 Å². The summed E-state index contributed by atoms with van der Waals surface area (Å²) in [5.41, 5.74) is 4.12. The average molecular weight is 386 g/mol. The van der Waals surface area contributed by atoms with Crippen LogP contribution in [0.5, 0.6) is 0 Å². The Balaban J connectivity index is 0.00000180. The van der Waals surface area contributed by atoms with Crippen LogP contribution in [0.25, 0.3) is 11.2 Å². The van der Waals surface area contributed by atoms with E-state index in [0.717, 1.165) is 55.2 Å². The average Bonchev–Trinajstić information content (AvgIpc) is 3.40. The maximum absolute atomic E-state index is 13.7. The standard InChI is InChI=1S/C20H20FN5.ClH/c21-16-4-1-3-14(11-16)17-5-2-10-25(17)20-7-6-19-23-13-18(26(19)24-20)15-8-9-22-12-15;/h1,3-4,6-8,11,13,17,22H,2,5,9-10,12H2;1H. The van der Waals surface area contributed by atoms with Crippen molar-refractivity contribution in [2.45, 2.75) is 18.9 Å². The largest absolute Gasteiger partial charge is 0.348 e. The fourth-order valence-electron chi connectivity index (χ4n) is 4.01. The van der Waals surface area contributed by atoms with E-state index in [-0.39, 0.29) is 24.3 Å². The molecule has 3 aromatic rings. The molecule has 2 aromatic heterocycles. The predicted molar refractivity (Wildman–Crippen MR) is 107 cm³/mol. The number of imidazole rings is 1. The first kappa shape index (κ1) is 17.9. The molecule has 1 aromatic carbocycles. The summed E-state index contributed by atoms with van der Waals surface area (Å²) in [5.74, 6) is 0.727. The van der Waals surface area contributed by atoms with E-state index in [1.165, 1.54) is 11.6 Å². The number of fused-ring (bicyclic) bond motifs is 1. The summed E-state index contributed by atoms with van der Waals surface area (Å²) >= 11 is 0. The first-order chi connectivity index (χ1) is 12.8. The molecule has 7 heteroatoms. The van der Waals surface area contributed by atoms with Crippen LogP contribution in [0.2, 0.25) is 0 Å². The molecule has 5 rings (SSSR count). The van der Waals surface area contributed by atoms with Crippen LogP contribution >= 0.6 is 12.4 Å². The van der Waals surface area contributed by atoms with E-state index in [9.17, 15) is 4.39 Å². The fraction of sp³-hybridized carbons (Fsp3) is 0.300. The van der Waals surface area contributed by atoms with Gasteiger partial charge in [0.1, 0.15) is 11.6 Å². The Morgan fingerprint density at radius 3 is 2.93 bits per heavy atom. The molecule has 1 unspecified atom stereocenters. The summed E-state index contributed by atoms with van der Waals surface area (Å²) in [5, 5.41) is 8.20. The minimum atomic E-state index is -0.185. The second kappa shape index (κ2) is 7.29.